The first-order chi connectivity index (χ1) is 17.2. The Hall–Kier alpha value is -4.03. The lowest BCUT2D eigenvalue weighted by Gasteiger charge is -2.10. The van der Waals surface area contributed by atoms with Crippen molar-refractivity contribution in [2.75, 3.05) is 35.2 Å². The van der Waals surface area contributed by atoms with E-state index in [0.717, 1.165) is 55.1 Å². The van der Waals surface area contributed by atoms with E-state index < -0.39 is 11.9 Å². The Morgan fingerprint density at radius 2 is 1.31 bits per heavy atom. The van der Waals surface area contributed by atoms with Crippen LogP contribution in [0.1, 0.15) is 45.2 Å². The van der Waals surface area contributed by atoms with E-state index in [1.807, 2.05) is 19.1 Å². The molecule has 4 aromatic rings. The van der Waals surface area contributed by atoms with Crippen molar-refractivity contribution in [2.24, 2.45) is 0 Å². The molecule has 0 unspecified atom stereocenters. The number of nitrogens with two attached hydrogens (primary N) is 2. The van der Waals surface area contributed by atoms with E-state index in [1.54, 1.807) is 6.20 Å². The van der Waals surface area contributed by atoms with Crippen LogP contribution < -0.4 is 22.1 Å². The zero-order valence-corrected chi connectivity index (χ0v) is 20.1. The summed E-state index contributed by atoms with van der Waals surface area (Å²) in [6.45, 7) is 5.61. The van der Waals surface area contributed by atoms with Crippen LogP contribution in [-0.4, -0.2) is 43.0 Å². The van der Waals surface area contributed by atoms with Crippen molar-refractivity contribution in [3.05, 3.63) is 36.2 Å². The monoisotopic (exact) mass is 502 g/mol. The molecule has 0 saturated heterocycles. The van der Waals surface area contributed by atoms with Crippen LogP contribution in [0.15, 0.2) is 30.5 Å². The van der Waals surface area contributed by atoms with Gasteiger partial charge in [-0.15, -0.1) is 0 Å². The molecule has 0 bridgehead atoms. The molecule has 0 aromatic carbocycles. The van der Waals surface area contributed by atoms with Gasteiger partial charge in [0.25, 0.3) is 0 Å². The van der Waals surface area contributed by atoms with Crippen molar-refractivity contribution in [3.8, 4) is 0 Å². The number of hydrogen-bond acceptors (Lipinski definition) is 10. The maximum absolute atomic E-state index is 12.7. The van der Waals surface area contributed by atoms with Crippen LogP contribution in [0.25, 0.3) is 22.1 Å². The first-order valence-corrected chi connectivity index (χ1v) is 11.6. The fraction of sp³-hybridized carbons (Fsp3) is 0.391. The number of pyridine rings is 2. The number of fused-ring (bicyclic) bond motifs is 2. The molecule has 192 valence electrons. The lowest BCUT2D eigenvalue weighted by atomic mass is 10.2. The van der Waals surface area contributed by atoms with Crippen LogP contribution in [0.5, 0.6) is 0 Å². The Bertz CT molecular complexity index is 1300. The lowest BCUT2D eigenvalue weighted by molar-refractivity contribution is -0.140. The van der Waals surface area contributed by atoms with Crippen LogP contribution in [0.2, 0.25) is 0 Å². The van der Waals surface area contributed by atoms with Crippen molar-refractivity contribution >= 4 is 45.6 Å². The van der Waals surface area contributed by atoms with Crippen LogP contribution in [0, 0.1) is 0 Å². The lowest BCUT2D eigenvalue weighted by Crippen LogP contribution is -2.11. The van der Waals surface area contributed by atoms with Gasteiger partial charge in [0, 0.05) is 19.3 Å². The predicted molar refractivity (Wildman–Crippen MR) is 135 cm³/mol. The van der Waals surface area contributed by atoms with E-state index in [0.29, 0.717) is 6.54 Å². The average molecular weight is 503 g/mol. The standard InChI is InChI=1S/C12H14F3N5.C11H15N5/c1-2-3-6-17-10-9-7(18-11(16)20-10)4-5-8(19-9)12(13,14)15;1-2-3-6-14-10-9-8(5-4-7-13-9)15-11(12)16-10/h4-5H,2-3,6H2,1H3,(H3,16,17,18,20);4-5,7H,2-3,6H2,1H3,(H3,12,14,15,16). The SMILES string of the molecule is CCCCNc1nc(N)nc2ccc(C(F)(F)F)nc12.CCCCNc1nc(N)nc2cccnc12. The van der Waals surface area contributed by atoms with Gasteiger partial charge in [-0.05, 0) is 37.1 Å². The highest BCUT2D eigenvalue weighted by Gasteiger charge is 2.33. The number of nitrogens with zero attached hydrogens (tertiary/aromatic N) is 6. The van der Waals surface area contributed by atoms with E-state index in [2.05, 4.69) is 47.5 Å². The largest absolute Gasteiger partial charge is 0.433 e. The molecule has 0 aliphatic carbocycles. The van der Waals surface area contributed by atoms with Gasteiger partial charge >= 0.3 is 6.18 Å². The minimum Gasteiger partial charge on any atom is -0.368 e. The van der Waals surface area contributed by atoms with Crippen LogP contribution in [-0.2, 0) is 6.18 Å². The van der Waals surface area contributed by atoms with Gasteiger partial charge in [0.1, 0.15) is 16.7 Å². The summed E-state index contributed by atoms with van der Waals surface area (Å²) in [5.74, 6) is 1.22. The zero-order chi connectivity index (χ0) is 26.1. The molecular weight excluding hydrogens is 473 g/mol. The molecule has 0 fully saturated rings. The topological polar surface area (TPSA) is 153 Å². The Morgan fingerprint density at radius 1 is 0.750 bits per heavy atom. The Labute approximate surface area is 206 Å². The van der Waals surface area contributed by atoms with Crippen LogP contribution in [0.4, 0.5) is 36.7 Å². The summed E-state index contributed by atoms with van der Waals surface area (Å²) in [6.07, 6.45) is 1.28. The van der Waals surface area contributed by atoms with E-state index in [-0.39, 0.29) is 28.7 Å². The number of alkyl halides is 3. The highest BCUT2D eigenvalue weighted by Crippen LogP contribution is 2.30. The minimum absolute atomic E-state index is 0.00180. The fourth-order valence-corrected chi connectivity index (χ4v) is 3.19. The summed E-state index contributed by atoms with van der Waals surface area (Å²) in [7, 11) is 0. The van der Waals surface area contributed by atoms with E-state index in [1.165, 1.54) is 6.07 Å². The number of halogens is 3. The quantitative estimate of drug-likeness (QED) is 0.250. The number of nitrogen functional groups attached to an aromatic ring is 2. The maximum atomic E-state index is 12.7. The molecule has 0 amide bonds. The third-order valence-corrected chi connectivity index (χ3v) is 4.97. The second kappa shape index (κ2) is 12.1. The molecule has 13 heteroatoms. The summed E-state index contributed by atoms with van der Waals surface area (Å²) >= 11 is 0. The average Bonchev–Trinajstić information content (AvgIpc) is 2.83. The number of unbranched alkanes of at least 4 members (excludes halogenated alkanes) is 2. The summed E-state index contributed by atoms with van der Waals surface area (Å²) < 4.78 is 38.1. The smallest absolute Gasteiger partial charge is 0.368 e. The van der Waals surface area contributed by atoms with E-state index >= 15 is 0 Å². The van der Waals surface area contributed by atoms with Gasteiger partial charge < -0.3 is 22.1 Å². The molecule has 4 aromatic heterocycles. The van der Waals surface area contributed by atoms with Gasteiger partial charge in [-0.3, -0.25) is 4.98 Å². The molecule has 0 aliphatic rings. The van der Waals surface area contributed by atoms with Gasteiger partial charge in [0.05, 0.1) is 11.0 Å². The number of aromatic nitrogens is 6. The first-order valence-electron chi connectivity index (χ1n) is 11.6. The Balaban J connectivity index is 0.000000205. The number of rotatable bonds is 8. The highest BCUT2D eigenvalue weighted by molar-refractivity contribution is 5.86. The van der Waals surface area contributed by atoms with Crippen molar-refractivity contribution in [1.82, 2.24) is 29.9 Å². The summed E-state index contributed by atoms with van der Waals surface area (Å²) in [5, 5.41) is 6.18. The third-order valence-electron chi connectivity index (χ3n) is 4.97. The van der Waals surface area contributed by atoms with E-state index in [4.69, 9.17) is 11.5 Å². The van der Waals surface area contributed by atoms with Crippen molar-refractivity contribution in [3.63, 3.8) is 0 Å². The first kappa shape index (κ1) is 26.6. The second-order valence-corrected chi connectivity index (χ2v) is 7.85. The molecule has 0 aliphatic heterocycles. The normalized spacial score (nSPS) is 11.2. The van der Waals surface area contributed by atoms with Crippen LogP contribution in [0.3, 0.4) is 0 Å². The van der Waals surface area contributed by atoms with Gasteiger partial charge in [0.2, 0.25) is 11.9 Å². The molecule has 0 atom stereocenters. The molecule has 0 spiro atoms. The summed E-state index contributed by atoms with van der Waals surface area (Å²) in [4.78, 5) is 24.0. The van der Waals surface area contributed by atoms with Crippen LogP contribution >= 0.6 is 0 Å². The minimum atomic E-state index is -4.50. The summed E-state index contributed by atoms with van der Waals surface area (Å²) in [5.41, 5.74) is 12.1. The third kappa shape index (κ3) is 6.99. The predicted octanol–water partition coefficient (Wildman–Crippen LogP) is 4.66. The van der Waals surface area contributed by atoms with Gasteiger partial charge in [-0.25, -0.2) is 15.0 Å². The number of nitrogens with one attached hydrogen (secondary N) is 2. The molecule has 36 heavy (non-hydrogen) atoms. The molecule has 4 heterocycles. The Kier molecular flexibility index (Phi) is 8.92. The number of hydrogen-bond donors (Lipinski definition) is 4. The van der Waals surface area contributed by atoms with Gasteiger partial charge in [0.15, 0.2) is 11.6 Å². The summed E-state index contributed by atoms with van der Waals surface area (Å²) in [6, 6.07) is 5.84. The highest BCUT2D eigenvalue weighted by atomic mass is 19.4. The number of anilines is 4. The Morgan fingerprint density at radius 3 is 1.86 bits per heavy atom. The van der Waals surface area contributed by atoms with Crippen molar-refractivity contribution in [1.29, 1.82) is 0 Å². The fourth-order valence-electron chi connectivity index (χ4n) is 3.19. The van der Waals surface area contributed by atoms with Gasteiger partial charge in [-0.2, -0.15) is 23.1 Å². The molecule has 10 nitrogen and oxygen atoms in total. The molecule has 6 N–H and O–H groups in total. The van der Waals surface area contributed by atoms with E-state index in [9.17, 15) is 13.2 Å². The van der Waals surface area contributed by atoms with Crippen molar-refractivity contribution in [2.45, 2.75) is 45.7 Å². The molecular formula is C23H29F3N10. The zero-order valence-electron chi connectivity index (χ0n) is 20.1. The maximum Gasteiger partial charge on any atom is 0.433 e. The van der Waals surface area contributed by atoms with Gasteiger partial charge in [-0.1, -0.05) is 26.7 Å². The molecule has 0 radical (unpaired) electrons. The second-order valence-electron chi connectivity index (χ2n) is 7.85. The molecule has 4 rings (SSSR count). The molecule has 0 saturated carbocycles. The van der Waals surface area contributed by atoms with Crippen molar-refractivity contribution < 1.29 is 13.2 Å².